The number of carbonyl (C=O) groups is 1. The van der Waals surface area contributed by atoms with Gasteiger partial charge in [-0.15, -0.1) is 0 Å². The molecule has 9 heteroatoms. The predicted octanol–water partition coefficient (Wildman–Crippen LogP) is 3.59. The van der Waals surface area contributed by atoms with Crippen LogP contribution in [-0.4, -0.2) is 53.7 Å². The summed E-state index contributed by atoms with van der Waals surface area (Å²) in [6.07, 6.45) is 0.744. The van der Waals surface area contributed by atoms with Crippen molar-refractivity contribution in [2.75, 3.05) is 27.3 Å². The summed E-state index contributed by atoms with van der Waals surface area (Å²) < 4.78 is 48.9. The van der Waals surface area contributed by atoms with Gasteiger partial charge in [0.1, 0.15) is 11.6 Å². The first-order valence-corrected chi connectivity index (χ1v) is 10.3. The number of hydrogen-bond donors (Lipinski definition) is 1. The van der Waals surface area contributed by atoms with E-state index in [9.17, 15) is 18.0 Å². The van der Waals surface area contributed by atoms with E-state index >= 15 is 0 Å². The van der Waals surface area contributed by atoms with Gasteiger partial charge in [0.25, 0.3) is 5.91 Å². The molecule has 0 saturated carbocycles. The first-order valence-electron chi connectivity index (χ1n) is 10.3. The van der Waals surface area contributed by atoms with E-state index in [4.69, 9.17) is 4.74 Å². The van der Waals surface area contributed by atoms with E-state index in [0.717, 1.165) is 19.0 Å². The monoisotopic (exact) mass is 438 g/mol. The molecule has 0 bridgehead atoms. The van der Waals surface area contributed by atoms with Gasteiger partial charge in [-0.05, 0) is 31.5 Å². The molecule has 2 heterocycles. The summed E-state index contributed by atoms with van der Waals surface area (Å²) in [5.74, 6) is -3.66. The maximum atomic E-state index is 14.6. The summed E-state index contributed by atoms with van der Waals surface area (Å²) in [6.45, 7) is 7.95. The number of fused-ring (bicyclic) bond motifs is 1. The summed E-state index contributed by atoms with van der Waals surface area (Å²) in [4.78, 5) is 19.7. The van der Waals surface area contributed by atoms with Crippen molar-refractivity contribution in [3.05, 3.63) is 41.0 Å². The highest BCUT2D eigenvalue weighted by atomic mass is 19.2. The van der Waals surface area contributed by atoms with E-state index < -0.39 is 23.4 Å². The smallest absolute Gasteiger partial charge is 0.272 e. The zero-order valence-corrected chi connectivity index (χ0v) is 18.6. The topological polar surface area (TPSA) is 59.4 Å². The van der Waals surface area contributed by atoms with Gasteiger partial charge in [0, 0.05) is 26.3 Å². The summed E-state index contributed by atoms with van der Waals surface area (Å²) >= 11 is 0. The standard InChI is InChI=1S/C22H29F3N4O2/c1-22(2,3)18(12-31-5)26-21(30)19-17-11-28(4)7-6-8-29(17)20(27-19)13-9-15(24)16(25)10-14(13)23/h9-10,18H,6-8,11-12H2,1-5H3,(H,26,30). The van der Waals surface area contributed by atoms with Crippen LogP contribution in [0.2, 0.25) is 0 Å². The number of nitrogens with one attached hydrogen (secondary N) is 1. The van der Waals surface area contributed by atoms with Crippen LogP contribution in [0.4, 0.5) is 13.2 Å². The number of rotatable bonds is 5. The molecule has 1 aliphatic heterocycles. The molecule has 0 radical (unpaired) electrons. The Bertz CT molecular complexity index is 969. The molecule has 170 valence electrons. The van der Waals surface area contributed by atoms with Gasteiger partial charge >= 0.3 is 0 Å². The van der Waals surface area contributed by atoms with Crippen molar-refractivity contribution in [3.8, 4) is 11.4 Å². The minimum atomic E-state index is -1.27. The third-order valence-electron chi connectivity index (χ3n) is 5.56. The molecule has 0 spiro atoms. The van der Waals surface area contributed by atoms with Crippen LogP contribution in [0.5, 0.6) is 0 Å². The molecule has 1 atom stereocenters. The fourth-order valence-corrected chi connectivity index (χ4v) is 3.70. The fourth-order valence-electron chi connectivity index (χ4n) is 3.70. The number of carbonyl (C=O) groups excluding carboxylic acids is 1. The maximum Gasteiger partial charge on any atom is 0.272 e. The van der Waals surface area contributed by atoms with Crippen LogP contribution in [0.3, 0.4) is 0 Å². The highest BCUT2D eigenvalue weighted by molar-refractivity contribution is 5.94. The lowest BCUT2D eigenvalue weighted by molar-refractivity contribution is 0.0781. The van der Waals surface area contributed by atoms with E-state index in [1.54, 1.807) is 11.7 Å². The molecule has 0 aliphatic carbocycles. The zero-order chi connectivity index (χ0) is 22.9. The second-order valence-corrected chi connectivity index (χ2v) is 9.07. The van der Waals surface area contributed by atoms with Gasteiger partial charge in [-0.2, -0.15) is 0 Å². The molecule has 1 N–H and O–H groups in total. The van der Waals surface area contributed by atoms with Gasteiger partial charge in [-0.1, -0.05) is 20.8 Å². The quantitative estimate of drug-likeness (QED) is 0.725. The Hall–Kier alpha value is -2.39. The number of methoxy groups -OCH3 is 1. The van der Waals surface area contributed by atoms with Gasteiger partial charge in [-0.3, -0.25) is 4.79 Å². The number of nitrogens with zero attached hydrogens (tertiary/aromatic N) is 3. The molecule has 31 heavy (non-hydrogen) atoms. The third kappa shape index (κ3) is 4.93. The van der Waals surface area contributed by atoms with Crippen LogP contribution in [0, 0.1) is 22.9 Å². The van der Waals surface area contributed by atoms with Gasteiger partial charge in [0.05, 0.1) is 23.9 Å². The average molecular weight is 438 g/mol. The Labute approximate surface area is 180 Å². The van der Waals surface area contributed by atoms with E-state index in [-0.39, 0.29) is 28.5 Å². The molecular formula is C22H29F3N4O2. The number of aromatic nitrogens is 2. The molecule has 3 rings (SSSR count). The minimum absolute atomic E-state index is 0.117. The summed E-state index contributed by atoms with van der Waals surface area (Å²) in [6, 6.07) is 1.01. The molecular weight excluding hydrogens is 409 g/mol. The van der Waals surface area contributed by atoms with Gasteiger partial charge in [0.15, 0.2) is 17.3 Å². The lowest BCUT2D eigenvalue weighted by atomic mass is 9.87. The molecule has 1 unspecified atom stereocenters. The van der Waals surface area contributed by atoms with Crippen LogP contribution in [0.15, 0.2) is 12.1 Å². The number of halogens is 3. The molecule has 0 saturated heterocycles. The summed E-state index contributed by atoms with van der Waals surface area (Å²) in [7, 11) is 3.48. The number of hydrogen-bond acceptors (Lipinski definition) is 4. The Kier molecular flexibility index (Phi) is 6.76. The highest BCUT2D eigenvalue weighted by Crippen LogP contribution is 2.30. The van der Waals surface area contributed by atoms with Crippen molar-refractivity contribution in [2.24, 2.45) is 5.41 Å². The molecule has 1 aromatic carbocycles. The summed E-state index contributed by atoms with van der Waals surface area (Å²) in [5.41, 5.74) is 0.321. The highest BCUT2D eigenvalue weighted by Gasteiger charge is 2.31. The normalized spacial score (nSPS) is 16.0. The number of amides is 1. The molecule has 1 aromatic heterocycles. The second kappa shape index (κ2) is 9.00. The zero-order valence-electron chi connectivity index (χ0n) is 18.6. The maximum absolute atomic E-state index is 14.6. The Morgan fingerprint density at radius 3 is 2.52 bits per heavy atom. The Balaban J connectivity index is 2.09. The first-order chi connectivity index (χ1) is 14.5. The van der Waals surface area contributed by atoms with Gasteiger partial charge in [0.2, 0.25) is 0 Å². The van der Waals surface area contributed by atoms with Crippen LogP contribution in [0.25, 0.3) is 11.4 Å². The van der Waals surface area contributed by atoms with E-state index in [1.807, 2.05) is 32.7 Å². The number of benzene rings is 1. The lowest BCUT2D eigenvalue weighted by Gasteiger charge is -2.30. The Morgan fingerprint density at radius 2 is 1.87 bits per heavy atom. The average Bonchev–Trinajstić information content (AvgIpc) is 2.90. The number of ether oxygens (including phenoxy) is 1. The van der Waals surface area contributed by atoms with Crippen molar-refractivity contribution in [1.29, 1.82) is 0 Å². The van der Waals surface area contributed by atoms with E-state index in [1.165, 1.54) is 0 Å². The second-order valence-electron chi connectivity index (χ2n) is 9.07. The van der Waals surface area contributed by atoms with Crippen LogP contribution in [0.1, 0.15) is 43.4 Å². The van der Waals surface area contributed by atoms with Gasteiger partial charge < -0.3 is 19.5 Å². The minimum Gasteiger partial charge on any atom is -0.383 e. The summed E-state index contributed by atoms with van der Waals surface area (Å²) in [5, 5.41) is 2.97. The molecule has 6 nitrogen and oxygen atoms in total. The molecule has 1 amide bonds. The van der Waals surface area contributed by atoms with Crippen LogP contribution >= 0.6 is 0 Å². The fraction of sp³-hybridized carbons (Fsp3) is 0.545. The lowest BCUT2D eigenvalue weighted by Crippen LogP contribution is -2.47. The van der Waals surface area contributed by atoms with Gasteiger partial charge in [-0.25, -0.2) is 18.2 Å². The van der Waals surface area contributed by atoms with E-state index in [2.05, 4.69) is 10.3 Å². The predicted molar refractivity (Wildman–Crippen MR) is 111 cm³/mol. The Morgan fingerprint density at radius 1 is 1.19 bits per heavy atom. The third-order valence-corrected chi connectivity index (χ3v) is 5.56. The SMILES string of the molecule is COCC(NC(=O)c1nc(-c2cc(F)c(F)cc2F)n2c1CN(C)CCC2)C(C)(C)C. The van der Waals surface area contributed by atoms with Crippen molar-refractivity contribution in [1.82, 2.24) is 19.8 Å². The van der Waals surface area contributed by atoms with Crippen molar-refractivity contribution < 1.29 is 22.7 Å². The van der Waals surface area contributed by atoms with Crippen LogP contribution < -0.4 is 5.32 Å². The van der Waals surface area contributed by atoms with Crippen molar-refractivity contribution >= 4 is 5.91 Å². The molecule has 0 fully saturated rings. The largest absolute Gasteiger partial charge is 0.383 e. The molecule has 1 aliphatic rings. The van der Waals surface area contributed by atoms with Crippen molar-refractivity contribution in [3.63, 3.8) is 0 Å². The first kappa shape index (κ1) is 23.3. The number of imidazole rings is 1. The van der Waals surface area contributed by atoms with Crippen LogP contribution in [-0.2, 0) is 17.8 Å². The molecule has 2 aromatic rings. The van der Waals surface area contributed by atoms with Crippen molar-refractivity contribution in [2.45, 2.75) is 46.3 Å². The van der Waals surface area contributed by atoms with E-state index in [0.29, 0.717) is 31.5 Å².